The fourth-order valence-electron chi connectivity index (χ4n) is 4.60. The topological polar surface area (TPSA) is 94.0 Å². The molecule has 2 atom stereocenters. The van der Waals surface area contributed by atoms with Crippen LogP contribution in [-0.4, -0.2) is 17.4 Å². The molecule has 0 bridgehead atoms. The van der Waals surface area contributed by atoms with Crippen molar-refractivity contribution in [2.45, 2.75) is 46.0 Å². The number of carbonyl (C=O) groups excluding carboxylic acids is 1. The lowest BCUT2D eigenvalue weighted by atomic mass is 9.95. The smallest absolute Gasteiger partial charge is 0.251 e. The van der Waals surface area contributed by atoms with E-state index in [0.717, 1.165) is 29.7 Å². The first-order valence-electron chi connectivity index (χ1n) is 12.5. The van der Waals surface area contributed by atoms with Gasteiger partial charge >= 0.3 is 0 Å². The number of anilines is 1. The lowest BCUT2D eigenvalue weighted by Crippen LogP contribution is -2.30. The van der Waals surface area contributed by atoms with E-state index in [4.69, 9.17) is 11.5 Å². The van der Waals surface area contributed by atoms with Crippen LogP contribution in [0.3, 0.4) is 0 Å². The third kappa shape index (κ3) is 5.99. The first-order valence-corrected chi connectivity index (χ1v) is 13.0. The Bertz CT molecular complexity index is 1380. The Labute approximate surface area is 219 Å². The minimum atomic E-state index is -0.428. The highest BCUT2D eigenvalue weighted by molar-refractivity contribution is 7.27. The van der Waals surface area contributed by atoms with Gasteiger partial charge in [0.05, 0.1) is 0 Å². The van der Waals surface area contributed by atoms with Crippen molar-refractivity contribution < 1.29 is 13.6 Å². The van der Waals surface area contributed by atoms with E-state index in [1.165, 1.54) is 12.1 Å². The maximum Gasteiger partial charge on any atom is 0.251 e. The van der Waals surface area contributed by atoms with Gasteiger partial charge in [-0.2, -0.15) is 0 Å². The lowest BCUT2D eigenvalue weighted by Gasteiger charge is -2.20. The number of benzene rings is 2. The van der Waals surface area contributed by atoms with Gasteiger partial charge in [0.15, 0.2) is 5.82 Å². The molecule has 1 fully saturated rings. The molecular weight excluding hydrogens is 489 g/mol. The fourth-order valence-corrected chi connectivity index (χ4v) is 4.87. The average molecular weight is 523 g/mol. The molecule has 194 valence electrons. The molecule has 1 aliphatic rings. The van der Waals surface area contributed by atoms with Gasteiger partial charge in [0.1, 0.15) is 11.5 Å². The standard InChI is InChI=1S/C29H33F2N4OP/c1-4-17-11-21(12-20(27(17)33)10-16(3)32)29(36)34-14-22(18-5-6-18)24-9-15(2)26(31)28(35-24)19-7-8-23(30)25(37)13-19/h7-13,18,22H,4-6,14,32-33,37H2,1-3H3,(H,34,36)/b16-10-. The second-order valence-corrected chi connectivity index (χ2v) is 10.4. The minimum absolute atomic E-state index is 0.0667. The fraction of sp³-hybridized carbons (Fsp3) is 0.310. The van der Waals surface area contributed by atoms with Crippen molar-refractivity contribution in [1.29, 1.82) is 0 Å². The Morgan fingerprint density at radius 3 is 2.59 bits per heavy atom. The van der Waals surface area contributed by atoms with Gasteiger partial charge in [-0.15, -0.1) is 9.24 Å². The highest BCUT2D eigenvalue weighted by Gasteiger charge is 2.34. The molecule has 2 unspecified atom stereocenters. The molecule has 5 nitrogen and oxygen atoms in total. The molecule has 0 spiro atoms. The molecule has 1 heterocycles. The normalized spacial score (nSPS) is 14.5. The molecular formula is C29H33F2N4OP. The third-order valence-corrected chi connectivity index (χ3v) is 7.25. The van der Waals surface area contributed by atoms with E-state index in [-0.39, 0.29) is 23.3 Å². The van der Waals surface area contributed by atoms with Crippen LogP contribution < -0.4 is 22.1 Å². The molecule has 1 aromatic heterocycles. The monoisotopic (exact) mass is 522 g/mol. The van der Waals surface area contributed by atoms with Gasteiger partial charge in [0.2, 0.25) is 0 Å². The van der Waals surface area contributed by atoms with Gasteiger partial charge in [-0.3, -0.25) is 4.79 Å². The molecule has 5 N–H and O–H groups in total. The van der Waals surface area contributed by atoms with Crippen LogP contribution in [0.1, 0.15) is 65.3 Å². The maximum atomic E-state index is 15.1. The van der Waals surface area contributed by atoms with Gasteiger partial charge < -0.3 is 16.8 Å². The first-order chi connectivity index (χ1) is 17.6. The van der Waals surface area contributed by atoms with Crippen LogP contribution in [0.2, 0.25) is 0 Å². The molecule has 0 radical (unpaired) electrons. The number of rotatable bonds is 8. The second kappa shape index (κ2) is 11.0. The van der Waals surface area contributed by atoms with Gasteiger partial charge in [0, 0.05) is 51.5 Å². The van der Waals surface area contributed by atoms with Gasteiger partial charge in [-0.1, -0.05) is 6.92 Å². The molecule has 2 aromatic carbocycles. The molecule has 37 heavy (non-hydrogen) atoms. The van der Waals surface area contributed by atoms with Crippen LogP contribution in [0.25, 0.3) is 17.3 Å². The van der Waals surface area contributed by atoms with Gasteiger partial charge in [-0.25, -0.2) is 13.8 Å². The average Bonchev–Trinajstić information content (AvgIpc) is 3.69. The summed E-state index contributed by atoms with van der Waals surface area (Å²) < 4.78 is 28.9. The van der Waals surface area contributed by atoms with Crippen molar-refractivity contribution in [3.63, 3.8) is 0 Å². The van der Waals surface area contributed by atoms with Crippen molar-refractivity contribution in [3.8, 4) is 11.3 Å². The van der Waals surface area contributed by atoms with E-state index in [9.17, 15) is 9.18 Å². The number of nitrogens with one attached hydrogen (secondary N) is 1. The second-order valence-electron chi connectivity index (χ2n) is 9.80. The molecule has 4 rings (SSSR count). The van der Waals surface area contributed by atoms with Crippen LogP contribution in [0.4, 0.5) is 14.5 Å². The van der Waals surface area contributed by atoms with Crippen molar-refractivity contribution in [3.05, 3.63) is 81.7 Å². The van der Waals surface area contributed by atoms with Crippen LogP contribution in [-0.2, 0) is 6.42 Å². The summed E-state index contributed by atoms with van der Waals surface area (Å²) in [5, 5.41) is 3.41. The number of nitrogens with two attached hydrogens (primary N) is 2. The predicted octanol–water partition coefficient (Wildman–Crippen LogP) is 5.22. The predicted molar refractivity (Wildman–Crippen MR) is 150 cm³/mol. The number of hydrogen-bond donors (Lipinski definition) is 3. The molecule has 8 heteroatoms. The number of nitrogen functional groups attached to an aromatic ring is 1. The minimum Gasteiger partial charge on any atom is -0.402 e. The quantitative estimate of drug-likeness (QED) is 0.279. The van der Waals surface area contributed by atoms with E-state index in [1.807, 2.05) is 13.0 Å². The van der Waals surface area contributed by atoms with Crippen LogP contribution in [0.5, 0.6) is 0 Å². The Morgan fingerprint density at radius 2 is 1.97 bits per heavy atom. The van der Waals surface area contributed by atoms with E-state index in [0.29, 0.717) is 52.3 Å². The zero-order chi connectivity index (χ0) is 26.9. The summed E-state index contributed by atoms with van der Waals surface area (Å²) >= 11 is 0. The van der Waals surface area contributed by atoms with Crippen molar-refractivity contribution >= 4 is 32.2 Å². The Morgan fingerprint density at radius 1 is 1.24 bits per heavy atom. The summed E-state index contributed by atoms with van der Waals surface area (Å²) in [7, 11) is 2.32. The number of amides is 1. The van der Waals surface area contributed by atoms with E-state index >= 15 is 4.39 Å². The number of halogens is 2. The van der Waals surface area contributed by atoms with Gasteiger partial charge in [0.25, 0.3) is 5.91 Å². The molecule has 1 saturated carbocycles. The molecule has 0 saturated heterocycles. The highest BCUT2D eigenvalue weighted by Crippen LogP contribution is 2.42. The van der Waals surface area contributed by atoms with E-state index in [1.54, 1.807) is 38.1 Å². The summed E-state index contributed by atoms with van der Waals surface area (Å²) in [6, 6.07) is 9.74. The number of aromatic nitrogens is 1. The number of carbonyl (C=O) groups is 1. The highest BCUT2D eigenvalue weighted by atomic mass is 31.0. The summed E-state index contributed by atoms with van der Waals surface area (Å²) in [6.45, 7) is 5.83. The number of aryl methyl sites for hydroxylation is 2. The third-order valence-electron chi connectivity index (χ3n) is 6.81. The Balaban J connectivity index is 1.62. The molecule has 0 aliphatic heterocycles. The first kappa shape index (κ1) is 26.7. The van der Waals surface area contributed by atoms with Crippen LogP contribution in [0.15, 0.2) is 42.1 Å². The van der Waals surface area contributed by atoms with E-state index < -0.39 is 5.82 Å². The zero-order valence-electron chi connectivity index (χ0n) is 21.4. The summed E-state index contributed by atoms with van der Waals surface area (Å²) in [6.07, 6.45) is 4.49. The molecule has 1 amide bonds. The maximum absolute atomic E-state index is 15.1. The van der Waals surface area contributed by atoms with Gasteiger partial charge in [-0.05, 0) is 92.6 Å². The lowest BCUT2D eigenvalue weighted by molar-refractivity contribution is 0.0950. The SMILES string of the molecule is CCc1cc(C(=O)NCC(c2cc(C)c(F)c(-c3ccc(F)c(P)c3)n2)C2CC2)cc(/C=C(/C)N)c1N. The summed E-state index contributed by atoms with van der Waals surface area (Å²) in [5.41, 5.74) is 17.3. The summed E-state index contributed by atoms with van der Waals surface area (Å²) in [4.78, 5) is 17.9. The Kier molecular flexibility index (Phi) is 7.93. The zero-order valence-corrected chi connectivity index (χ0v) is 22.5. The van der Waals surface area contributed by atoms with Crippen molar-refractivity contribution in [2.24, 2.45) is 11.7 Å². The number of nitrogens with zero attached hydrogens (tertiary/aromatic N) is 1. The van der Waals surface area contributed by atoms with Crippen LogP contribution in [0, 0.1) is 24.5 Å². The summed E-state index contributed by atoms with van der Waals surface area (Å²) in [5.74, 6) is -0.734. The number of hydrogen-bond acceptors (Lipinski definition) is 4. The van der Waals surface area contributed by atoms with Crippen molar-refractivity contribution in [2.75, 3.05) is 12.3 Å². The number of allylic oxidation sites excluding steroid dienone is 1. The molecule has 1 aliphatic carbocycles. The van der Waals surface area contributed by atoms with E-state index in [2.05, 4.69) is 19.5 Å². The Hall–Kier alpha value is -3.31. The number of pyridine rings is 1. The molecule has 3 aromatic rings. The van der Waals surface area contributed by atoms with Crippen molar-refractivity contribution in [1.82, 2.24) is 10.3 Å². The van der Waals surface area contributed by atoms with Crippen LogP contribution >= 0.6 is 9.24 Å². The largest absolute Gasteiger partial charge is 0.402 e.